The zero-order chi connectivity index (χ0) is 17.6. The van der Waals surface area contributed by atoms with E-state index in [0.717, 1.165) is 38.3 Å². The average molecular weight is 354 g/mol. The quantitative estimate of drug-likeness (QED) is 0.708. The van der Waals surface area contributed by atoms with Crippen molar-refractivity contribution in [1.82, 2.24) is 19.1 Å². The van der Waals surface area contributed by atoms with Crippen LogP contribution in [0.3, 0.4) is 0 Å². The Kier molecular flexibility index (Phi) is 6.70. The van der Waals surface area contributed by atoms with Gasteiger partial charge in [-0.25, -0.2) is 8.42 Å². The summed E-state index contributed by atoms with van der Waals surface area (Å²) in [4.78, 5) is 20.4. The predicted octanol–water partition coefficient (Wildman–Crippen LogP) is 0.397. The molecule has 0 aliphatic carbocycles. The van der Waals surface area contributed by atoms with Gasteiger partial charge in [0.05, 0.1) is 6.26 Å². The van der Waals surface area contributed by atoms with Gasteiger partial charge >= 0.3 is 0 Å². The molecule has 1 aromatic heterocycles. The second kappa shape index (κ2) is 8.55. The van der Waals surface area contributed by atoms with Gasteiger partial charge in [0.15, 0.2) is 0 Å². The molecular weight excluding hydrogens is 328 g/mol. The summed E-state index contributed by atoms with van der Waals surface area (Å²) in [6.45, 7) is 6.78. The van der Waals surface area contributed by atoms with Crippen molar-refractivity contribution < 1.29 is 13.2 Å². The van der Waals surface area contributed by atoms with E-state index in [-0.39, 0.29) is 25.4 Å². The van der Waals surface area contributed by atoms with Gasteiger partial charge in [0.25, 0.3) is 0 Å². The number of rotatable bonds is 7. The van der Waals surface area contributed by atoms with Crippen LogP contribution in [0.15, 0.2) is 24.5 Å². The summed E-state index contributed by atoms with van der Waals surface area (Å²) in [7, 11) is -3.37. The van der Waals surface area contributed by atoms with Crippen LogP contribution in [0, 0.1) is 0 Å². The van der Waals surface area contributed by atoms with Crippen LogP contribution in [0.25, 0.3) is 0 Å². The third-order valence-corrected chi connectivity index (χ3v) is 5.57. The fraction of sp³-hybridized carbons (Fsp3) is 0.625. The molecule has 24 heavy (non-hydrogen) atoms. The van der Waals surface area contributed by atoms with Gasteiger partial charge in [-0.2, -0.15) is 4.31 Å². The molecule has 8 heteroatoms. The first-order chi connectivity index (χ1) is 11.4. The Morgan fingerprint density at radius 1 is 1.21 bits per heavy atom. The number of nitrogens with zero attached hydrogens (tertiary/aromatic N) is 4. The number of pyridine rings is 1. The van der Waals surface area contributed by atoms with E-state index in [2.05, 4.69) is 16.8 Å². The second-order valence-corrected chi connectivity index (χ2v) is 8.00. The van der Waals surface area contributed by atoms with Gasteiger partial charge in [-0.05, 0) is 24.2 Å². The van der Waals surface area contributed by atoms with E-state index in [1.54, 1.807) is 24.5 Å². The fourth-order valence-corrected chi connectivity index (χ4v) is 3.55. The Labute approximate surface area is 144 Å². The molecular formula is C16H26N4O3S. The second-order valence-electron chi connectivity index (χ2n) is 6.02. The lowest BCUT2D eigenvalue weighted by Gasteiger charge is -2.34. The lowest BCUT2D eigenvalue weighted by Crippen LogP contribution is -2.49. The number of sulfonamides is 1. The topological polar surface area (TPSA) is 73.8 Å². The summed E-state index contributed by atoms with van der Waals surface area (Å²) >= 11 is 0. The highest BCUT2D eigenvalue weighted by molar-refractivity contribution is 7.88. The van der Waals surface area contributed by atoms with Crippen LogP contribution in [0.1, 0.15) is 18.9 Å². The Balaban J connectivity index is 1.90. The van der Waals surface area contributed by atoms with Crippen molar-refractivity contribution in [2.45, 2.75) is 19.9 Å². The summed E-state index contributed by atoms with van der Waals surface area (Å²) in [6.07, 6.45) is 4.66. The van der Waals surface area contributed by atoms with Crippen molar-refractivity contribution in [1.29, 1.82) is 0 Å². The van der Waals surface area contributed by atoms with E-state index in [0.29, 0.717) is 0 Å². The van der Waals surface area contributed by atoms with Crippen molar-refractivity contribution >= 4 is 15.9 Å². The van der Waals surface area contributed by atoms with Gasteiger partial charge in [-0.3, -0.25) is 9.78 Å². The van der Waals surface area contributed by atoms with Gasteiger partial charge in [-0.15, -0.1) is 0 Å². The average Bonchev–Trinajstić information content (AvgIpc) is 2.58. The third kappa shape index (κ3) is 5.54. The molecule has 1 aliphatic heterocycles. The van der Waals surface area contributed by atoms with E-state index in [9.17, 15) is 13.2 Å². The molecule has 0 spiro atoms. The van der Waals surface area contributed by atoms with Crippen LogP contribution < -0.4 is 0 Å². The lowest BCUT2D eigenvalue weighted by molar-refractivity contribution is -0.133. The van der Waals surface area contributed by atoms with Crippen LogP contribution >= 0.6 is 0 Å². The van der Waals surface area contributed by atoms with E-state index in [1.165, 1.54) is 10.6 Å². The van der Waals surface area contributed by atoms with E-state index in [1.807, 2.05) is 4.90 Å². The third-order valence-electron chi connectivity index (χ3n) is 4.32. The van der Waals surface area contributed by atoms with Crippen LogP contribution in [-0.4, -0.2) is 78.9 Å². The standard InChI is InChI=1S/C16H26N4O3S/c1-3-18-10-12-19(13-11-18)16(21)6-9-20(24(2,22)23)14-15-4-7-17-8-5-15/h4-5,7-8H,3,6,9-14H2,1-2H3. The SMILES string of the molecule is CCN1CCN(C(=O)CCN(Cc2ccncc2)S(C)(=O)=O)CC1. The molecule has 1 aliphatic rings. The van der Waals surface area contributed by atoms with Crippen molar-refractivity contribution in [3.8, 4) is 0 Å². The minimum Gasteiger partial charge on any atom is -0.340 e. The summed E-state index contributed by atoms with van der Waals surface area (Å²) in [6, 6.07) is 3.56. The van der Waals surface area contributed by atoms with E-state index >= 15 is 0 Å². The molecule has 1 amide bonds. The summed E-state index contributed by atoms with van der Waals surface area (Å²) < 4.78 is 25.3. The molecule has 2 rings (SSSR count). The summed E-state index contributed by atoms with van der Waals surface area (Å²) in [5, 5.41) is 0. The maximum absolute atomic E-state index is 12.4. The number of hydrogen-bond acceptors (Lipinski definition) is 5. The van der Waals surface area contributed by atoms with Gasteiger partial charge < -0.3 is 9.80 Å². The molecule has 1 fully saturated rings. The molecule has 0 unspecified atom stereocenters. The van der Waals surface area contributed by atoms with Gasteiger partial charge in [0.1, 0.15) is 0 Å². The normalized spacial score (nSPS) is 16.5. The first kappa shape index (κ1) is 18.8. The van der Waals surface area contributed by atoms with E-state index in [4.69, 9.17) is 0 Å². The molecule has 0 saturated carbocycles. The molecule has 134 valence electrons. The number of carbonyl (C=O) groups is 1. The minimum absolute atomic E-state index is 0.0223. The monoisotopic (exact) mass is 354 g/mol. The Morgan fingerprint density at radius 3 is 2.38 bits per heavy atom. The van der Waals surface area contributed by atoms with Crippen molar-refractivity contribution in [2.75, 3.05) is 45.5 Å². The van der Waals surface area contributed by atoms with Crippen LogP contribution in [0.2, 0.25) is 0 Å². The molecule has 7 nitrogen and oxygen atoms in total. The Bertz CT molecular complexity index is 628. The van der Waals surface area contributed by atoms with Crippen molar-refractivity contribution in [3.05, 3.63) is 30.1 Å². The number of piperazine rings is 1. The van der Waals surface area contributed by atoms with Crippen LogP contribution in [0.5, 0.6) is 0 Å². The number of hydrogen-bond donors (Lipinski definition) is 0. The smallest absolute Gasteiger partial charge is 0.223 e. The molecule has 0 bridgehead atoms. The number of carbonyl (C=O) groups excluding carboxylic acids is 1. The molecule has 0 aromatic carbocycles. The maximum Gasteiger partial charge on any atom is 0.223 e. The Morgan fingerprint density at radius 2 is 1.83 bits per heavy atom. The fourth-order valence-electron chi connectivity index (χ4n) is 2.75. The molecule has 1 saturated heterocycles. The van der Waals surface area contributed by atoms with Gasteiger partial charge in [0.2, 0.25) is 15.9 Å². The molecule has 1 aromatic rings. The molecule has 2 heterocycles. The largest absolute Gasteiger partial charge is 0.340 e. The number of likely N-dealkylation sites (N-methyl/N-ethyl adjacent to an activating group) is 1. The van der Waals surface area contributed by atoms with Crippen molar-refractivity contribution in [3.63, 3.8) is 0 Å². The molecule has 0 atom stereocenters. The highest BCUT2D eigenvalue weighted by atomic mass is 32.2. The minimum atomic E-state index is -3.37. The van der Waals surface area contributed by atoms with E-state index < -0.39 is 10.0 Å². The maximum atomic E-state index is 12.4. The van der Waals surface area contributed by atoms with Crippen molar-refractivity contribution in [2.24, 2.45) is 0 Å². The number of amides is 1. The Hall–Kier alpha value is -1.51. The van der Waals surface area contributed by atoms with Gasteiger partial charge in [0, 0.05) is 58.1 Å². The summed E-state index contributed by atoms with van der Waals surface area (Å²) in [5.74, 6) is 0.0223. The summed E-state index contributed by atoms with van der Waals surface area (Å²) in [5.41, 5.74) is 0.861. The lowest BCUT2D eigenvalue weighted by atomic mass is 10.2. The molecule has 0 radical (unpaired) electrons. The molecule has 0 N–H and O–H groups in total. The first-order valence-electron chi connectivity index (χ1n) is 8.24. The highest BCUT2D eigenvalue weighted by Gasteiger charge is 2.23. The number of aromatic nitrogens is 1. The van der Waals surface area contributed by atoms with Crippen LogP contribution in [-0.2, 0) is 21.4 Å². The highest BCUT2D eigenvalue weighted by Crippen LogP contribution is 2.10. The zero-order valence-electron chi connectivity index (χ0n) is 14.4. The van der Waals surface area contributed by atoms with Gasteiger partial charge in [-0.1, -0.05) is 6.92 Å². The zero-order valence-corrected chi connectivity index (χ0v) is 15.2. The van der Waals surface area contributed by atoms with Crippen LogP contribution in [0.4, 0.5) is 0 Å². The first-order valence-corrected chi connectivity index (χ1v) is 10.1. The predicted molar refractivity (Wildman–Crippen MR) is 92.8 cm³/mol.